The summed E-state index contributed by atoms with van der Waals surface area (Å²) in [5.74, 6) is 1.36. The third kappa shape index (κ3) is 3.83. The van der Waals surface area contributed by atoms with Gasteiger partial charge in [-0.1, -0.05) is 12.1 Å². The number of piperidine rings is 1. The van der Waals surface area contributed by atoms with Gasteiger partial charge in [0.25, 0.3) is 5.91 Å². The van der Waals surface area contributed by atoms with Gasteiger partial charge in [0, 0.05) is 20.0 Å². The Morgan fingerprint density at radius 3 is 2.75 bits per heavy atom. The fourth-order valence-electron chi connectivity index (χ4n) is 3.38. The van der Waals surface area contributed by atoms with Gasteiger partial charge in [-0.05, 0) is 56.2 Å². The predicted octanol–water partition coefficient (Wildman–Crippen LogP) is 3.92. The minimum absolute atomic E-state index is 0.0316. The summed E-state index contributed by atoms with van der Waals surface area (Å²) in [4.78, 5) is 18.8. The Morgan fingerprint density at radius 2 is 2.08 bits per heavy atom. The van der Waals surface area contributed by atoms with E-state index in [2.05, 4.69) is 4.98 Å². The van der Waals surface area contributed by atoms with Crippen molar-refractivity contribution in [1.29, 1.82) is 0 Å². The van der Waals surface area contributed by atoms with Crippen molar-refractivity contribution < 1.29 is 13.6 Å². The molecule has 0 bridgehead atoms. The number of hydrogen-bond acceptors (Lipinski definition) is 3. The molecular formula is C19H23FN2O2. The number of aryl methyl sites for hydroxylation is 3. The summed E-state index contributed by atoms with van der Waals surface area (Å²) in [6.07, 6.45) is 4.05. The van der Waals surface area contributed by atoms with Gasteiger partial charge in [-0.3, -0.25) is 4.79 Å². The highest BCUT2D eigenvalue weighted by Crippen LogP contribution is 2.23. The summed E-state index contributed by atoms with van der Waals surface area (Å²) < 4.78 is 18.3. The first kappa shape index (κ1) is 16.7. The largest absolute Gasteiger partial charge is 0.445 e. The van der Waals surface area contributed by atoms with Gasteiger partial charge in [0.1, 0.15) is 11.6 Å². The summed E-state index contributed by atoms with van der Waals surface area (Å²) in [6.45, 7) is 5.07. The van der Waals surface area contributed by atoms with Gasteiger partial charge in [0.15, 0.2) is 11.6 Å². The van der Waals surface area contributed by atoms with E-state index in [1.807, 2.05) is 17.0 Å². The van der Waals surface area contributed by atoms with Gasteiger partial charge < -0.3 is 9.32 Å². The van der Waals surface area contributed by atoms with Crippen molar-refractivity contribution in [2.24, 2.45) is 5.92 Å². The van der Waals surface area contributed by atoms with Gasteiger partial charge in [-0.25, -0.2) is 9.37 Å². The zero-order valence-corrected chi connectivity index (χ0v) is 14.2. The van der Waals surface area contributed by atoms with Gasteiger partial charge in [0.2, 0.25) is 0 Å². The number of nitrogens with zero attached hydrogens (tertiary/aromatic N) is 2. The molecule has 24 heavy (non-hydrogen) atoms. The van der Waals surface area contributed by atoms with Crippen LogP contribution in [0.1, 0.15) is 47.0 Å². The zero-order valence-electron chi connectivity index (χ0n) is 14.2. The summed E-state index contributed by atoms with van der Waals surface area (Å²) in [6, 6.07) is 6.68. The van der Waals surface area contributed by atoms with Crippen LogP contribution in [0.3, 0.4) is 0 Å². The highest BCUT2D eigenvalue weighted by Gasteiger charge is 2.27. The van der Waals surface area contributed by atoms with E-state index in [-0.39, 0.29) is 11.7 Å². The Kier molecular flexibility index (Phi) is 4.97. The molecule has 4 nitrogen and oxygen atoms in total. The Hall–Kier alpha value is -2.17. The topological polar surface area (TPSA) is 46.3 Å². The molecule has 1 aromatic carbocycles. The zero-order chi connectivity index (χ0) is 17.1. The average Bonchev–Trinajstić information content (AvgIpc) is 2.92. The van der Waals surface area contributed by atoms with E-state index in [1.165, 1.54) is 12.1 Å². The van der Waals surface area contributed by atoms with E-state index >= 15 is 0 Å². The molecule has 128 valence electrons. The lowest BCUT2D eigenvalue weighted by molar-refractivity contribution is 0.0661. The maximum Gasteiger partial charge on any atom is 0.276 e. The van der Waals surface area contributed by atoms with Crippen LogP contribution in [-0.4, -0.2) is 28.9 Å². The number of hydrogen-bond donors (Lipinski definition) is 0. The third-order valence-electron chi connectivity index (χ3n) is 4.67. The van der Waals surface area contributed by atoms with E-state index < -0.39 is 0 Å². The molecule has 1 aliphatic rings. The predicted molar refractivity (Wildman–Crippen MR) is 89.3 cm³/mol. The Morgan fingerprint density at radius 1 is 1.33 bits per heavy atom. The van der Waals surface area contributed by atoms with E-state index in [4.69, 9.17) is 4.42 Å². The summed E-state index contributed by atoms with van der Waals surface area (Å²) >= 11 is 0. The molecule has 0 aliphatic carbocycles. The number of oxazole rings is 1. The molecule has 0 radical (unpaired) electrons. The highest BCUT2D eigenvalue weighted by molar-refractivity contribution is 5.93. The standard InChI is InChI=1S/C19H23FN2O2/c1-13-18(21-14(2)24-13)19(23)22-11-3-4-16(12-22)6-5-15-7-9-17(20)10-8-15/h7-10,16H,3-6,11-12H2,1-2H3/t16-/m1/s1. The maximum atomic E-state index is 13.0. The molecule has 1 aromatic heterocycles. The number of aromatic nitrogens is 1. The lowest BCUT2D eigenvalue weighted by Gasteiger charge is -2.32. The molecular weight excluding hydrogens is 307 g/mol. The van der Waals surface area contributed by atoms with Crippen molar-refractivity contribution in [2.45, 2.75) is 39.5 Å². The Balaban J connectivity index is 1.58. The van der Waals surface area contributed by atoms with Crippen LogP contribution in [0.2, 0.25) is 0 Å². The van der Waals surface area contributed by atoms with Gasteiger partial charge >= 0.3 is 0 Å². The number of benzene rings is 1. The number of halogens is 1. The van der Waals surface area contributed by atoms with Crippen LogP contribution in [-0.2, 0) is 6.42 Å². The van der Waals surface area contributed by atoms with E-state index in [0.29, 0.717) is 23.3 Å². The second kappa shape index (κ2) is 7.16. The molecule has 2 heterocycles. The molecule has 0 N–H and O–H groups in total. The molecule has 0 saturated carbocycles. The van der Waals surface area contributed by atoms with Gasteiger partial charge in [0.05, 0.1) is 0 Å². The molecule has 5 heteroatoms. The fraction of sp³-hybridized carbons (Fsp3) is 0.474. The van der Waals surface area contributed by atoms with E-state index in [9.17, 15) is 9.18 Å². The maximum absolute atomic E-state index is 13.0. The van der Waals surface area contributed by atoms with Crippen molar-refractivity contribution in [3.63, 3.8) is 0 Å². The van der Waals surface area contributed by atoms with Crippen LogP contribution in [0.4, 0.5) is 4.39 Å². The summed E-state index contributed by atoms with van der Waals surface area (Å²) in [7, 11) is 0. The Labute approximate surface area is 141 Å². The third-order valence-corrected chi connectivity index (χ3v) is 4.67. The van der Waals surface area contributed by atoms with Crippen LogP contribution in [0.15, 0.2) is 28.7 Å². The SMILES string of the molecule is Cc1nc(C(=O)N2CCC[C@H](CCc3ccc(F)cc3)C2)c(C)o1. The first-order chi connectivity index (χ1) is 11.5. The number of likely N-dealkylation sites (tertiary alicyclic amines) is 1. The molecule has 0 unspecified atom stereocenters. The van der Waals surface area contributed by atoms with Gasteiger partial charge in [-0.15, -0.1) is 0 Å². The molecule has 3 rings (SSSR count). The quantitative estimate of drug-likeness (QED) is 0.854. The second-order valence-electron chi connectivity index (χ2n) is 6.56. The molecule has 1 amide bonds. The van der Waals surface area contributed by atoms with E-state index in [0.717, 1.165) is 44.3 Å². The first-order valence-electron chi connectivity index (χ1n) is 8.50. The smallest absolute Gasteiger partial charge is 0.276 e. The molecule has 1 atom stereocenters. The fourth-order valence-corrected chi connectivity index (χ4v) is 3.38. The summed E-state index contributed by atoms with van der Waals surface area (Å²) in [5.41, 5.74) is 1.58. The lowest BCUT2D eigenvalue weighted by atomic mass is 9.91. The second-order valence-corrected chi connectivity index (χ2v) is 6.56. The highest BCUT2D eigenvalue weighted by atomic mass is 19.1. The van der Waals surface area contributed by atoms with Gasteiger partial charge in [-0.2, -0.15) is 0 Å². The van der Waals surface area contributed by atoms with Crippen molar-refractivity contribution in [3.05, 3.63) is 53.0 Å². The number of carbonyl (C=O) groups excluding carboxylic acids is 1. The molecule has 1 saturated heterocycles. The number of rotatable bonds is 4. The number of carbonyl (C=O) groups is 1. The molecule has 0 spiro atoms. The molecule has 1 fully saturated rings. The van der Waals surface area contributed by atoms with Crippen LogP contribution in [0.5, 0.6) is 0 Å². The summed E-state index contributed by atoms with van der Waals surface area (Å²) in [5, 5.41) is 0. The van der Waals surface area contributed by atoms with Crippen molar-refractivity contribution >= 4 is 5.91 Å². The van der Waals surface area contributed by atoms with Crippen molar-refractivity contribution in [1.82, 2.24) is 9.88 Å². The van der Waals surface area contributed by atoms with Crippen LogP contribution in [0, 0.1) is 25.6 Å². The van der Waals surface area contributed by atoms with Crippen LogP contribution < -0.4 is 0 Å². The normalized spacial score (nSPS) is 18.0. The van der Waals surface area contributed by atoms with Crippen LogP contribution >= 0.6 is 0 Å². The van der Waals surface area contributed by atoms with Crippen molar-refractivity contribution in [2.75, 3.05) is 13.1 Å². The minimum Gasteiger partial charge on any atom is -0.445 e. The Bertz CT molecular complexity index is 709. The number of amides is 1. The van der Waals surface area contributed by atoms with E-state index in [1.54, 1.807) is 13.8 Å². The minimum atomic E-state index is -0.202. The lowest BCUT2D eigenvalue weighted by Crippen LogP contribution is -2.40. The molecule has 1 aliphatic heterocycles. The average molecular weight is 330 g/mol. The van der Waals surface area contributed by atoms with Crippen LogP contribution in [0.25, 0.3) is 0 Å². The molecule has 2 aromatic rings. The first-order valence-corrected chi connectivity index (χ1v) is 8.50. The van der Waals surface area contributed by atoms with Crippen molar-refractivity contribution in [3.8, 4) is 0 Å². The monoisotopic (exact) mass is 330 g/mol.